The van der Waals surface area contributed by atoms with E-state index < -0.39 is 11.6 Å². The molecule has 1 nitrogen and oxygen atoms in total. The van der Waals surface area contributed by atoms with Crippen molar-refractivity contribution in [3.63, 3.8) is 0 Å². The van der Waals surface area contributed by atoms with Crippen molar-refractivity contribution in [3.8, 4) is 0 Å². The first-order valence-electron chi connectivity index (χ1n) is 5.65. The van der Waals surface area contributed by atoms with E-state index in [4.69, 9.17) is 17.3 Å². The number of hydrogen-bond acceptors (Lipinski definition) is 2. The first-order valence-corrected chi connectivity index (χ1v) is 7.01. The molecule has 2 N–H and O–H groups in total. The molecule has 0 amide bonds. The molecule has 0 bridgehead atoms. The Bertz CT molecular complexity index is 590. The van der Waals surface area contributed by atoms with E-state index in [2.05, 4.69) is 0 Å². The van der Waals surface area contributed by atoms with Gasteiger partial charge in [-0.1, -0.05) is 23.7 Å². The highest BCUT2D eigenvalue weighted by Gasteiger charge is 2.07. The maximum Gasteiger partial charge on any atom is 0.139 e. The van der Waals surface area contributed by atoms with E-state index in [1.807, 2.05) is 12.1 Å². The summed E-state index contributed by atoms with van der Waals surface area (Å²) in [6.45, 7) is 0.430. The molecule has 0 aliphatic heterocycles. The third kappa shape index (κ3) is 3.69. The first-order chi connectivity index (χ1) is 9.10. The average molecular weight is 300 g/mol. The Morgan fingerprint density at radius 2 is 1.89 bits per heavy atom. The van der Waals surface area contributed by atoms with Gasteiger partial charge >= 0.3 is 0 Å². The summed E-state index contributed by atoms with van der Waals surface area (Å²) in [4.78, 5) is 0.403. The fourth-order valence-corrected chi connectivity index (χ4v) is 2.86. The summed E-state index contributed by atoms with van der Waals surface area (Å²) in [5.74, 6) is -0.612. The van der Waals surface area contributed by atoms with Gasteiger partial charge in [0.15, 0.2) is 0 Å². The highest BCUT2D eigenvalue weighted by Crippen LogP contribution is 2.29. The lowest BCUT2D eigenvalue weighted by atomic mass is 10.1. The number of nitrogens with two attached hydrogens (primary N) is 1. The predicted octanol–water partition coefficient (Wildman–Crippen LogP) is 4.37. The van der Waals surface area contributed by atoms with Gasteiger partial charge in [-0.25, -0.2) is 8.78 Å². The fourth-order valence-electron chi connectivity index (χ4n) is 1.58. The largest absolute Gasteiger partial charge is 0.326 e. The SMILES string of the molecule is NCc1ccc(CSc2ccc(F)cc2F)c(Cl)c1. The zero-order valence-corrected chi connectivity index (χ0v) is 11.6. The van der Waals surface area contributed by atoms with Crippen LogP contribution in [0.2, 0.25) is 5.02 Å². The summed E-state index contributed by atoms with van der Waals surface area (Å²) in [6.07, 6.45) is 0. The molecule has 0 saturated heterocycles. The van der Waals surface area contributed by atoms with Crippen molar-refractivity contribution < 1.29 is 8.78 Å². The Balaban J connectivity index is 2.10. The van der Waals surface area contributed by atoms with Crippen molar-refractivity contribution in [2.45, 2.75) is 17.2 Å². The molecule has 0 radical (unpaired) electrons. The van der Waals surface area contributed by atoms with E-state index >= 15 is 0 Å². The van der Waals surface area contributed by atoms with Crippen LogP contribution in [0.1, 0.15) is 11.1 Å². The molecule has 0 saturated carbocycles. The topological polar surface area (TPSA) is 26.0 Å². The molecule has 2 aromatic carbocycles. The van der Waals surface area contributed by atoms with E-state index in [1.165, 1.54) is 23.9 Å². The van der Waals surface area contributed by atoms with Crippen LogP contribution in [0.5, 0.6) is 0 Å². The average Bonchev–Trinajstić information content (AvgIpc) is 2.39. The smallest absolute Gasteiger partial charge is 0.139 e. The lowest BCUT2D eigenvalue weighted by Crippen LogP contribution is -1.96. The van der Waals surface area contributed by atoms with Gasteiger partial charge in [0.1, 0.15) is 11.6 Å². The van der Waals surface area contributed by atoms with E-state index in [1.54, 1.807) is 6.07 Å². The minimum Gasteiger partial charge on any atom is -0.326 e. The summed E-state index contributed by atoms with van der Waals surface area (Å²) in [6, 6.07) is 9.11. The molecule has 0 fully saturated rings. The number of hydrogen-bond donors (Lipinski definition) is 1. The van der Waals surface area contributed by atoms with Crippen molar-refractivity contribution in [3.05, 3.63) is 64.2 Å². The van der Waals surface area contributed by atoms with Crippen LogP contribution >= 0.6 is 23.4 Å². The zero-order chi connectivity index (χ0) is 13.8. The molecule has 0 atom stereocenters. The van der Waals surface area contributed by atoms with Gasteiger partial charge in [-0.05, 0) is 29.3 Å². The molecule has 0 aliphatic carbocycles. The van der Waals surface area contributed by atoms with E-state index in [0.717, 1.165) is 17.2 Å². The maximum atomic E-state index is 13.5. The highest BCUT2D eigenvalue weighted by atomic mass is 35.5. The molecular formula is C14H12ClF2NS. The Labute approximate surface area is 119 Å². The molecule has 100 valence electrons. The van der Waals surface area contributed by atoms with Gasteiger partial charge in [-0.15, -0.1) is 11.8 Å². The molecule has 19 heavy (non-hydrogen) atoms. The minimum atomic E-state index is -0.577. The lowest BCUT2D eigenvalue weighted by molar-refractivity contribution is 0.565. The summed E-state index contributed by atoms with van der Waals surface area (Å²) < 4.78 is 26.2. The molecule has 0 spiro atoms. The van der Waals surface area contributed by atoms with Crippen LogP contribution in [0.15, 0.2) is 41.3 Å². The van der Waals surface area contributed by atoms with Crippen LogP contribution in [-0.2, 0) is 12.3 Å². The maximum absolute atomic E-state index is 13.5. The Morgan fingerprint density at radius 1 is 1.11 bits per heavy atom. The third-order valence-electron chi connectivity index (χ3n) is 2.63. The number of halogens is 3. The van der Waals surface area contributed by atoms with Crippen LogP contribution in [0, 0.1) is 11.6 Å². The predicted molar refractivity (Wildman–Crippen MR) is 75.3 cm³/mol. The first kappa shape index (κ1) is 14.3. The molecular weight excluding hydrogens is 288 g/mol. The normalized spacial score (nSPS) is 10.7. The van der Waals surface area contributed by atoms with Gasteiger partial charge in [0, 0.05) is 28.3 Å². The Kier molecular flexibility index (Phi) is 4.80. The van der Waals surface area contributed by atoms with Crippen molar-refractivity contribution >= 4 is 23.4 Å². The molecule has 0 aliphatic rings. The minimum absolute atomic E-state index is 0.403. The van der Waals surface area contributed by atoms with E-state index in [0.29, 0.717) is 22.2 Å². The number of rotatable bonds is 4. The molecule has 5 heteroatoms. The van der Waals surface area contributed by atoms with Crippen LogP contribution in [-0.4, -0.2) is 0 Å². The molecule has 0 unspecified atom stereocenters. The summed E-state index contributed by atoms with van der Waals surface area (Å²) in [5, 5.41) is 0.609. The van der Waals surface area contributed by atoms with Gasteiger partial charge < -0.3 is 5.73 Å². The van der Waals surface area contributed by atoms with Crippen LogP contribution < -0.4 is 5.73 Å². The van der Waals surface area contributed by atoms with Crippen molar-refractivity contribution in [1.82, 2.24) is 0 Å². The monoisotopic (exact) mass is 299 g/mol. The Hall–Kier alpha value is -1.10. The van der Waals surface area contributed by atoms with Crippen LogP contribution in [0.4, 0.5) is 8.78 Å². The Morgan fingerprint density at radius 3 is 2.53 bits per heavy atom. The zero-order valence-electron chi connectivity index (χ0n) is 10.00. The molecule has 0 heterocycles. The van der Waals surface area contributed by atoms with Gasteiger partial charge in [0.05, 0.1) is 0 Å². The molecule has 2 rings (SSSR count). The second-order valence-corrected chi connectivity index (χ2v) is 5.42. The van der Waals surface area contributed by atoms with Gasteiger partial charge in [-0.2, -0.15) is 0 Å². The van der Waals surface area contributed by atoms with Gasteiger partial charge in [0.25, 0.3) is 0 Å². The van der Waals surface area contributed by atoms with Crippen LogP contribution in [0.3, 0.4) is 0 Å². The number of benzene rings is 2. The molecule has 0 aromatic heterocycles. The highest BCUT2D eigenvalue weighted by molar-refractivity contribution is 7.98. The van der Waals surface area contributed by atoms with E-state index in [-0.39, 0.29) is 0 Å². The summed E-state index contributed by atoms with van der Waals surface area (Å²) in [5.41, 5.74) is 7.37. The second-order valence-electron chi connectivity index (χ2n) is 3.99. The van der Waals surface area contributed by atoms with Crippen LogP contribution in [0.25, 0.3) is 0 Å². The van der Waals surface area contributed by atoms with Gasteiger partial charge in [0.2, 0.25) is 0 Å². The molecule has 2 aromatic rings. The lowest BCUT2D eigenvalue weighted by Gasteiger charge is -2.07. The summed E-state index contributed by atoms with van der Waals surface area (Å²) in [7, 11) is 0. The van der Waals surface area contributed by atoms with E-state index in [9.17, 15) is 8.78 Å². The van der Waals surface area contributed by atoms with Crippen molar-refractivity contribution in [2.24, 2.45) is 5.73 Å². The number of thioether (sulfide) groups is 1. The van der Waals surface area contributed by atoms with Crippen molar-refractivity contribution in [2.75, 3.05) is 0 Å². The fraction of sp³-hybridized carbons (Fsp3) is 0.143. The summed E-state index contributed by atoms with van der Waals surface area (Å²) >= 11 is 7.40. The van der Waals surface area contributed by atoms with Crippen molar-refractivity contribution in [1.29, 1.82) is 0 Å². The second kappa shape index (κ2) is 6.37. The quantitative estimate of drug-likeness (QED) is 0.848. The standard InChI is InChI=1S/C14H12ClF2NS/c15-12-5-9(7-18)1-2-10(12)8-19-14-4-3-11(16)6-13(14)17/h1-6H,7-8,18H2. The third-order valence-corrected chi connectivity index (χ3v) is 4.08. The van der Waals surface area contributed by atoms with Gasteiger partial charge in [-0.3, -0.25) is 0 Å².